The van der Waals surface area contributed by atoms with Gasteiger partial charge in [0, 0.05) is 49.7 Å². The summed E-state index contributed by atoms with van der Waals surface area (Å²) in [6, 6.07) is -0.0450. The molecule has 0 aromatic carbocycles. The van der Waals surface area contributed by atoms with Crippen LogP contribution in [0.2, 0.25) is 0 Å². The highest BCUT2D eigenvalue weighted by atomic mass is 15.3. The summed E-state index contributed by atoms with van der Waals surface area (Å²) in [6.45, 7) is 5.06. The third-order valence-electron chi connectivity index (χ3n) is 3.22. The molecule has 1 atom stereocenters. The minimum atomic E-state index is -0.0450. The topological polar surface area (TPSA) is 61.7 Å². The summed E-state index contributed by atoms with van der Waals surface area (Å²) in [7, 11) is 1.93. The fraction of sp³-hybridized carbons (Fsp3) is 0.500. The van der Waals surface area contributed by atoms with E-state index >= 15 is 0 Å². The minimum Gasteiger partial charge on any atom is -0.335 e. The van der Waals surface area contributed by atoms with Gasteiger partial charge < -0.3 is 10.3 Å². The fourth-order valence-corrected chi connectivity index (χ4v) is 2.00. The molecule has 92 valence electrons. The molecule has 5 heteroatoms. The number of rotatable bonds is 4. The van der Waals surface area contributed by atoms with Gasteiger partial charge in [-0.15, -0.1) is 0 Å². The molecule has 0 radical (unpaired) electrons. The summed E-state index contributed by atoms with van der Waals surface area (Å²) in [5, 5.41) is 4.22. The van der Waals surface area contributed by atoms with Gasteiger partial charge in [0.2, 0.25) is 0 Å². The first kappa shape index (κ1) is 11.9. The van der Waals surface area contributed by atoms with E-state index in [0.717, 1.165) is 30.0 Å². The van der Waals surface area contributed by atoms with E-state index in [4.69, 9.17) is 5.73 Å². The summed E-state index contributed by atoms with van der Waals surface area (Å²) < 4.78 is 3.97. The molecule has 5 nitrogen and oxygen atoms in total. The largest absolute Gasteiger partial charge is 0.335 e. The van der Waals surface area contributed by atoms with Gasteiger partial charge in [-0.1, -0.05) is 0 Å². The summed E-state index contributed by atoms with van der Waals surface area (Å²) in [4.78, 5) is 4.34. The first-order chi connectivity index (χ1) is 8.13. The Morgan fingerprint density at radius 2 is 2.24 bits per heavy atom. The van der Waals surface area contributed by atoms with Gasteiger partial charge in [0.15, 0.2) is 0 Å². The lowest BCUT2D eigenvalue weighted by molar-refractivity contribution is 0.624. The molecule has 0 amide bonds. The van der Waals surface area contributed by atoms with E-state index in [0.29, 0.717) is 0 Å². The zero-order valence-electron chi connectivity index (χ0n) is 10.6. The van der Waals surface area contributed by atoms with Crippen molar-refractivity contribution < 1.29 is 0 Å². The monoisotopic (exact) mass is 233 g/mol. The Bertz CT molecular complexity index is 497. The summed E-state index contributed by atoms with van der Waals surface area (Å²) >= 11 is 0. The number of aryl methyl sites for hydroxylation is 2. The van der Waals surface area contributed by atoms with E-state index in [1.807, 2.05) is 37.2 Å². The maximum Gasteiger partial charge on any atom is 0.110 e. The Balaban J connectivity index is 2.17. The molecule has 0 saturated heterocycles. The van der Waals surface area contributed by atoms with Gasteiger partial charge in [-0.3, -0.25) is 4.68 Å². The van der Waals surface area contributed by atoms with Crippen LogP contribution in [0.1, 0.15) is 30.0 Å². The second-order valence-electron chi connectivity index (χ2n) is 4.25. The van der Waals surface area contributed by atoms with Crippen molar-refractivity contribution in [2.24, 2.45) is 12.8 Å². The van der Waals surface area contributed by atoms with Crippen molar-refractivity contribution in [1.82, 2.24) is 19.3 Å². The highest BCUT2D eigenvalue weighted by molar-refractivity contribution is 5.21. The van der Waals surface area contributed by atoms with Crippen molar-refractivity contribution in [1.29, 1.82) is 0 Å². The van der Waals surface area contributed by atoms with Crippen molar-refractivity contribution in [3.63, 3.8) is 0 Å². The van der Waals surface area contributed by atoms with Crippen LogP contribution in [0.3, 0.4) is 0 Å². The summed E-state index contributed by atoms with van der Waals surface area (Å²) in [5.74, 6) is 1.03. The van der Waals surface area contributed by atoms with Crippen molar-refractivity contribution in [3.8, 4) is 0 Å². The molecule has 2 N–H and O–H groups in total. The lowest BCUT2D eigenvalue weighted by Gasteiger charge is -2.12. The lowest BCUT2D eigenvalue weighted by Crippen LogP contribution is -2.17. The van der Waals surface area contributed by atoms with E-state index in [1.54, 1.807) is 0 Å². The maximum atomic E-state index is 6.22. The minimum absolute atomic E-state index is 0.0450. The Morgan fingerprint density at radius 3 is 2.82 bits per heavy atom. The molecule has 2 aromatic rings. The van der Waals surface area contributed by atoms with Crippen LogP contribution in [-0.4, -0.2) is 19.3 Å². The highest BCUT2D eigenvalue weighted by Gasteiger charge is 2.15. The van der Waals surface area contributed by atoms with Crippen LogP contribution >= 0.6 is 0 Å². The molecule has 2 heterocycles. The van der Waals surface area contributed by atoms with Crippen LogP contribution in [-0.2, 0) is 20.0 Å². The van der Waals surface area contributed by atoms with Crippen molar-refractivity contribution in [3.05, 3.63) is 35.7 Å². The average molecular weight is 233 g/mol. The number of hydrogen-bond acceptors (Lipinski definition) is 3. The Labute approximate surface area is 101 Å². The van der Waals surface area contributed by atoms with Gasteiger partial charge in [-0.2, -0.15) is 5.10 Å². The van der Waals surface area contributed by atoms with Gasteiger partial charge in [0.05, 0.1) is 6.20 Å². The van der Waals surface area contributed by atoms with Crippen LogP contribution in [0.15, 0.2) is 18.6 Å². The number of nitrogens with zero attached hydrogens (tertiary/aromatic N) is 4. The van der Waals surface area contributed by atoms with E-state index in [2.05, 4.69) is 21.6 Å². The molecular formula is C12H19N5. The third kappa shape index (κ3) is 2.24. The second kappa shape index (κ2) is 4.71. The van der Waals surface area contributed by atoms with Gasteiger partial charge in [-0.05, 0) is 13.8 Å². The quantitative estimate of drug-likeness (QED) is 0.862. The lowest BCUT2D eigenvalue weighted by atomic mass is 10.1. The molecule has 2 rings (SSSR count). The molecule has 17 heavy (non-hydrogen) atoms. The molecule has 0 fully saturated rings. The second-order valence-corrected chi connectivity index (χ2v) is 4.25. The zero-order chi connectivity index (χ0) is 12.4. The van der Waals surface area contributed by atoms with Crippen LogP contribution in [0.4, 0.5) is 0 Å². The van der Waals surface area contributed by atoms with Gasteiger partial charge >= 0.3 is 0 Å². The first-order valence-corrected chi connectivity index (χ1v) is 5.87. The van der Waals surface area contributed by atoms with E-state index in [1.165, 1.54) is 0 Å². The highest BCUT2D eigenvalue weighted by Crippen LogP contribution is 2.18. The molecule has 0 bridgehead atoms. The van der Waals surface area contributed by atoms with E-state index in [9.17, 15) is 0 Å². The molecule has 0 saturated carbocycles. The Morgan fingerprint density at radius 1 is 1.47 bits per heavy atom. The third-order valence-corrected chi connectivity index (χ3v) is 3.22. The summed E-state index contributed by atoms with van der Waals surface area (Å²) in [5.41, 5.74) is 8.43. The number of aromatic nitrogens is 4. The first-order valence-electron chi connectivity index (χ1n) is 5.87. The van der Waals surface area contributed by atoms with Crippen molar-refractivity contribution in [2.75, 3.05) is 0 Å². The molecule has 0 aliphatic carbocycles. The van der Waals surface area contributed by atoms with Gasteiger partial charge in [0.25, 0.3) is 0 Å². The Hall–Kier alpha value is -1.62. The molecular weight excluding hydrogens is 214 g/mol. The molecule has 0 aliphatic rings. The van der Waals surface area contributed by atoms with Crippen molar-refractivity contribution >= 4 is 0 Å². The predicted octanol–water partition coefficient (Wildman–Crippen LogP) is 1.19. The van der Waals surface area contributed by atoms with Crippen molar-refractivity contribution in [2.45, 2.75) is 32.9 Å². The molecule has 1 unspecified atom stereocenters. The predicted molar refractivity (Wildman–Crippen MR) is 66.5 cm³/mol. The Kier molecular flexibility index (Phi) is 3.28. The number of nitrogens with two attached hydrogens (primary N) is 1. The number of hydrogen-bond donors (Lipinski definition) is 1. The van der Waals surface area contributed by atoms with Crippen LogP contribution in [0.25, 0.3) is 0 Å². The average Bonchev–Trinajstić information content (AvgIpc) is 2.87. The molecule has 0 aliphatic heterocycles. The number of imidazole rings is 1. The zero-order valence-corrected chi connectivity index (χ0v) is 10.6. The maximum absolute atomic E-state index is 6.22. The van der Waals surface area contributed by atoms with E-state index < -0.39 is 0 Å². The normalized spacial score (nSPS) is 12.9. The molecule has 2 aromatic heterocycles. The van der Waals surface area contributed by atoms with Crippen LogP contribution in [0.5, 0.6) is 0 Å². The van der Waals surface area contributed by atoms with Gasteiger partial charge in [-0.25, -0.2) is 4.98 Å². The van der Waals surface area contributed by atoms with Gasteiger partial charge in [0.1, 0.15) is 5.82 Å². The molecule has 0 spiro atoms. The standard InChI is InChI=1S/C12H19N5/c1-4-17-6-5-14-12(17)7-11(13)10-8-15-16(3)9(10)2/h5-6,8,11H,4,7,13H2,1-3H3. The SMILES string of the molecule is CCn1ccnc1CC(N)c1cnn(C)c1C. The van der Waals surface area contributed by atoms with Crippen LogP contribution in [0, 0.1) is 6.92 Å². The van der Waals surface area contributed by atoms with E-state index in [-0.39, 0.29) is 6.04 Å². The fourth-order valence-electron chi connectivity index (χ4n) is 2.00. The summed E-state index contributed by atoms with van der Waals surface area (Å²) in [6.07, 6.45) is 6.40. The van der Waals surface area contributed by atoms with Crippen LogP contribution < -0.4 is 5.73 Å². The smallest absolute Gasteiger partial charge is 0.110 e.